The van der Waals surface area contributed by atoms with Gasteiger partial charge in [-0.2, -0.15) is 0 Å². The summed E-state index contributed by atoms with van der Waals surface area (Å²) in [5.74, 6) is 0. The van der Waals surface area contributed by atoms with Crippen LogP contribution in [0.25, 0.3) is 6.08 Å². The Bertz CT molecular complexity index is 427. The zero-order chi connectivity index (χ0) is 11.4. The molecule has 1 nitrogen and oxygen atoms in total. The largest absolute Gasteiger partial charge is 0.381 e. The molecule has 0 saturated heterocycles. The fourth-order valence-corrected chi connectivity index (χ4v) is 2.14. The molecule has 0 bridgehead atoms. The summed E-state index contributed by atoms with van der Waals surface area (Å²) in [6.45, 7) is 5.31. The molecular weight excluding hydrogens is 194 g/mol. The van der Waals surface area contributed by atoms with E-state index in [2.05, 4.69) is 55.6 Å². The number of hydrogen-bond acceptors (Lipinski definition) is 1. The number of aryl methyl sites for hydroxylation is 2. The van der Waals surface area contributed by atoms with E-state index in [4.69, 9.17) is 0 Å². The highest BCUT2D eigenvalue weighted by Crippen LogP contribution is 2.27. The molecule has 1 heterocycles. The molecule has 2 rings (SSSR count). The van der Waals surface area contributed by atoms with Gasteiger partial charge in [-0.15, -0.1) is 0 Å². The summed E-state index contributed by atoms with van der Waals surface area (Å²) in [7, 11) is 0. The third kappa shape index (κ3) is 2.19. The summed E-state index contributed by atoms with van der Waals surface area (Å²) in [5.41, 5.74) is 5.44. The first-order valence-electron chi connectivity index (χ1n) is 6.02. The van der Waals surface area contributed by atoms with Crippen LogP contribution in [-0.2, 0) is 6.42 Å². The number of nitrogens with one attached hydrogen (secondary N) is 1. The highest BCUT2D eigenvalue weighted by molar-refractivity contribution is 5.74. The maximum Gasteiger partial charge on any atom is 0.0448 e. The zero-order valence-electron chi connectivity index (χ0n) is 10.1. The molecule has 0 radical (unpaired) electrons. The normalized spacial score (nSPS) is 17.9. The second-order valence-electron chi connectivity index (χ2n) is 4.25. The summed E-state index contributed by atoms with van der Waals surface area (Å²) >= 11 is 0. The van der Waals surface area contributed by atoms with Gasteiger partial charge in [0.1, 0.15) is 0 Å². The highest BCUT2D eigenvalue weighted by Gasteiger charge is 2.08. The number of benzene rings is 1. The number of fused-ring (bicyclic) bond motifs is 1. The first-order chi connectivity index (χ1) is 7.83. The Kier molecular flexibility index (Phi) is 3.45. The molecular formula is C15H19N. The molecule has 0 aromatic heterocycles. The first-order valence-corrected chi connectivity index (χ1v) is 6.02. The number of anilines is 1. The second-order valence-corrected chi connectivity index (χ2v) is 4.25. The summed E-state index contributed by atoms with van der Waals surface area (Å²) in [4.78, 5) is 0. The molecule has 0 saturated carbocycles. The van der Waals surface area contributed by atoms with Gasteiger partial charge in [0.2, 0.25) is 0 Å². The van der Waals surface area contributed by atoms with Crippen LogP contribution < -0.4 is 5.32 Å². The van der Waals surface area contributed by atoms with Gasteiger partial charge in [-0.25, -0.2) is 0 Å². The van der Waals surface area contributed by atoms with Crippen LogP contribution in [0.4, 0.5) is 5.69 Å². The minimum absolute atomic E-state index is 0.910. The molecule has 1 aliphatic heterocycles. The van der Waals surface area contributed by atoms with Gasteiger partial charge < -0.3 is 5.32 Å². The van der Waals surface area contributed by atoms with Crippen molar-refractivity contribution in [3.05, 3.63) is 47.1 Å². The maximum absolute atomic E-state index is 3.49. The molecule has 84 valence electrons. The Morgan fingerprint density at radius 3 is 2.94 bits per heavy atom. The Labute approximate surface area is 97.9 Å². The molecule has 0 atom stereocenters. The van der Waals surface area contributed by atoms with Crippen LogP contribution in [0.5, 0.6) is 0 Å². The molecule has 1 heteroatoms. The van der Waals surface area contributed by atoms with Crippen molar-refractivity contribution in [2.45, 2.75) is 26.7 Å². The van der Waals surface area contributed by atoms with Gasteiger partial charge in [0.25, 0.3) is 0 Å². The Balaban J connectivity index is 2.51. The van der Waals surface area contributed by atoms with Crippen LogP contribution >= 0.6 is 0 Å². The van der Waals surface area contributed by atoms with Crippen LogP contribution in [0.2, 0.25) is 0 Å². The van der Waals surface area contributed by atoms with Crippen molar-refractivity contribution >= 4 is 11.8 Å². The molecule has 0 unspecified atom stereocenters. The smallest absolute Gasteiger partial charge is 0.0448 e. The van der Waals surface area contributed by atoms with Crippen molar-refractivity contribution in [3.63, 3.8) is 0 Å². The lowest BCUT2D eigenvalue weighted by molar-refractivity contribution is 0.918. The Morgan fingerprint density at radius 2 is 2.12 bits per heavy atom. The van der Waals surface area contributed by atoms with Crippen molar-refractivity contribution in [1.82, 2.24) is 0 Å². The van der Waals surface area contributed by atoms with Crippen molar-refractivity contribution in [2.24, 2.45) is 0 Å². The molecule has 0 aliphatic carbocycles. The van der Waals surface area contributed by atoms with Gasteiger partial charge in [-0.1, -0.05) is 49.8 Å². The van der Waals surface area contributed by atoms with Crippen molar-refractivity contribution < 1.29 is 0 Å². The van der Waals surface area contributed by atoms with Crippen molar-refractivity contribution in [1.29, 1.82) is 0 Å². The average molecular weight is 213 g/mol. The quantitative estimate of drug-likeness (QED) is 0.784. The maximum atomic E-state index is 3.49. The average Bonchev–Trinajstić information content (AvgIpc) is 2.23. The Hall–Kier alpha value is -1.50. The molecule has 1 N–H and O–H groups in total. The van der Waals surface area contributed by atoms with Gasteiger partial charge in [-0.3, -0.25) is 0 Å². The van der Waals surface area contributed by atoms with Crippen LogP contribution in [-0.4, -0.2) is 6.54 Å². The summed E-state index contributed by atoms with van der Waals surface area (Å²) in [5, 5.41) is 3.49. The van der Waals surface area contributed by atoms with E-state index in [0.717, 1.165) is 13.0 Å². The standard InChI is InChI=1S/C15H19N/c1-3-7-13-10-9-12(2)15-14(13)8-5-4-6-11-16-15/h4-6,8-10,16H,3,7,11H2,1-2H3/b6-4+,8-5-. The summed E-state index contributed by atoms with van der Waals surface area (Å²) < 4.78 is 0. The van der Waals surface area contributed by atoms with E-state index < -0.39 is 0 Å². The van der Waals surface area contributed by atoms with Crippen LogP contribution in [0.3, 0.4) is 0 Å². The van der Waals surface area contributed by atoms with Gasteiger partial charge >= 0.3 is 0 Å². The van der Waals surface area contributed by atoms with Gasteiger partial charge in [0, 0.05) is 17.8 Å². The number of allylic oxidation sites excluding steroid dienone is 2. The fraction of sp³-hybridized carbons (Fsp3) is 0.333. The summed E-state index contributed by atoms with van der Waals surface area (Å²) in [6.07, 6.45) is 10.9. The van der Waals surface area contributed by atoms with E-state index in [1.54, 1.807) is 0 Å². The fourth-order valence-electron chi connectivity index (χ4n) is 2.14. The lowest BCUT2D eigenvalue weighted by Crippen LogP contribution is -2.05. The molecule has 0 amide bonds. The SMILES string of the molecule is CCCc1ccc(C)c2c1/C=C\C=C\CN2. The monoisotopic (exact) mass is 213 g/mol. The molecule has 16 heavy (non-hydrogen) atoms. The van der Waals surface area contributed by atoms with E-state index in [1.807, 2.05) is 0 Å². The third-order valence-corrected chi connectivity index (χ3v) is 2.97. The van der Waals surface area contributed by atoms with E-state index in [9.17, 15) is 0 Å². The van der Waals surface area contributed by atoms with Crippen LogP contribution in [0.1, 0.15) is 30.0 Å². The predicted molar refractivity (Wildman–Crippen MR) is 71.8 cm³/mol. The van der Waals surface area contributed by atoms with Crippen LogP contribution in [0.15, 0.2) is 30.4 Å². The van der Waals surface area contributed by atoms with Crippen molar-refractivity contribution in [3.8, 4) is 0 Å². The highest BCUT2D eigenvalue weighted by atomic mass is 14.9. The van der Waals surface area contributed by atoms with E-state index in [0.29, 0.717) is 0 Å². The molecule has 1 aromatic carbocycles. The molecule has 1 aromatic rings. The van der Waals surface area contributed by atoms with Gasteiger partial charge in [0.15, 0.2) is 0 Å². The molecule has 1 aliphatic rings. The third-order valence-electron chi connectivity index (χ3n) is 2.97. The minimum Gasteiger partial charge on any atom is -0.381 e. The topological polar surface area (TPSA) is 12.0 Å². The van der Waals surface area contributed by atoms with Gasteiger partial charge in [-0.05, 0) is 24.5 Å². The lowest BCUT2D eigenvalue weighted by atomic mass is 9.97. The zero-order valence-corrected chi connectivity index (χ0v) is 10.1. The van der Waals surface area contributed by atoms with Crippen molar-refractivity contribution in [2.75, 3.05) is 11.9 Å². The molecule has 0 fully saturated rings. The number of rotatable bonds is 2. The van der Waals surface area contributed by atoms with E-state index in [1.165, 1.54) is 28.8 Å². The first kappa shape index (κ1) is 11.0. The van der Waals surface area contributed by atoms with E-state index >= 15 is 0 Å². The van der Waals surface area contributed by atoms with E-state index in [-0.39, 0.29) is 0 Å². The molecule has 0 spiro atoms. The minimum atomic E-state index is 0.910. The lowest BCUT2D eigenvalue weighted by Gasteiger charge is -2.16. The Morgan fingerprint density at radius 1 is 1.25 bits per heavy atom. The van der Waals surface area contributed by atoms with Crippen LogP contribution in [0, 0.1) is 6.92 Å². The number of hydrogen-bond donors (Lipinski definition) is 1. The predicted octanol–water partition coefficient (Wildman–Crippen LogP) is 3.94. The second kappa shape index (κ2) is 5.02. The summed E-state index contributed by atoms with van der Waals surface area (Å²) in [6, 6.07) is 4.48. The van der Waals surface area contributed by atoms with Gasteiger partial charge in [0.05, 0.1) is 0 Å².